The highest BCUT2D eigenvalue weighted by Gasteiger charge is 2.40. The van der Waals surface area contributed by atoms with Gasteiger partial charge in [-0.1, -0.05) is 29.8 Å². The molecule has 0 amide bonds. The van der Waals surface area contributed by atoms with Crippen molar-refractivity contribution in [2.75, 3.05) is 31.2 Å². The zero-order chi connectivity index (χ0) is 15.7. The van der Waals surface area contributed by atoms with E-state index in [0.29, 0.717) is 18.2 Å². The molecule has 23 heavy (non-hydrogen) atoms. The Morgan fingerprint density at radius 1 is 0.957 bits per heavy atom. The van der Waals surface area contributed by atoms with Crippen molar-refractivity contribution in [1.29, 1.82) is 0 Å². The van der Waals surface area contributed by atoms with Gasteiger partial charge in [0.25, 0.3) is 0 Å². The fourth-order valence-electron chi connectivity index (χ4n) is 3.17. The van der Waals surface area contributed by atoms with Gasteiger partial charge in [0.15, 0.2) is 11.6 Å². The van der Waals surface area contributed by atoms with Crippen molar-refractivity contribution < 1.29 is 9.47 Å². The molecule has 3 heterocycles. The van der Waals surface area contributed by atoms with Crippen LogP contribution in [0.3, 0.4) is 0 Å². The number of piperidine rings is 1. The molecule has 4 rings (SSSR count). The van der Waals surface area contributed by atoms with Crippen molar-refractivity contribution in [3.63, 3.8) is 0 Å². The summed E-state index contributed by atoms with van der Waals surface area (Å²) in [5.41, 5.74) is 1.69. The summed E-state index contributed by atoms with van der Waals surface area (Å²) in [7, 11) is 0. The molecule has 1 aromatic carbocycles. The van der Waals surface area contributed by atoms with Crippen LogP contribution in [0.25, 0.3) is 11.3 Å². The molecule has 0 saturated carbocycles. The second kappa shape index (κ2) is 6.07. The lowest BCUT2D eigenvalue weighted by molar-refractivity contribution is -0.169. The number of halogens is 1. The first-order valence-electron chi connectivity index (χ1n) is 7.87. The van der Waals surface area contributed by atoms with E-state index >= 15 is 0 Å². The zero-order valence-corrected chi connectivity index (χ0v) is 13.5. The lowest BCUT2D eigenvalue weighted by Gasteiger charge is -2.37. The molecule has 0 N–H and O–H groups in total. The van der Waals surface area contributed by atoms with Crippen LogP contribution in [0, 0.1) is 0 Å². The third kappa shape index (κ3) is 2.92. The van der Waals surface area contributed by atoms with Crippen molar-refractivity contribution in [2.45, 2.75) is 18.6 Å². The summed E-state index contributed by atoms with van der Waals surface area (Å²) in [6, 6.07) is 11.6. The molecule has 0 atom stereocenters. The summed E-state index contributed by atoms with van der Waals surface area (Å²) in [6.07, 6.45) is 1.72. The summed E-state index contributed by atoms with van der Waals surface area (Å²) in [4.78, 5) is 2.22. The van der Waals surface area contributed by atoms with Crippen LogP contribution in [0.5, 0.6) is 0 Å². The van der Waals surface area contributed by atoms with Gasteiger partial charge in [0, 0.05) is 31.5 Å². The molecule has 2 aliphatic heterocycles. The van der Waals surface area contributed by atoms with Gasteiger partial charge < -0.3 is 14.4 Å². The van der Waals surface area contributed by atoms with Crippen molar-refractivity contribution in [3.8, 4) is 11.3 Å². The van der Waals surface area contributed by atoms with Crippen molar-refractivity contribution in [3.05, 3.63) is 41.4 Å². The van der Waals surface area contributed by atoms with Gasteiger partial charge in [-0.2, -0.15) is 0 Å². The van der Waals surface area contributed by atoms with Crippen molar-refractivity contribution >= 4 is 17.4 Å². The van der Waals surface area contributed by atoms with Crippen LogP contribution >= 0.6 is 11.6 Å². The maximum atomic E-state index is 6.21. The van der Waals surface area contributed by atoms with Crippen LogP contribution in [0.15, 0.2) is 36.4 Å². The third-order valence-electron chi connectivity index (χ3n) is 4.46. The predicted octanol–water partition coefficient (Wildman–Crippen LogP) is 3.14. The van der Waals surface area contributed by atoms with Crippen LogP contribution in [0.4, 0.5) is 5.82 Å². The third-order valence-corrected chi connectivity index (χ3v) is 4.79. The van der Waals surface area contributed by atoms with E-state index in [1.54, 1.807) is 0 Å². The van der Waals surface area contributed by atoms with Gasteiger partial charge in [0.1, 0.15) is 0 Å². The van der Waals surface area contributed by atoms with Crippen LogP contribution in [-0.2, 0) is 9.47 Å². The fourth-order valence-corrected chi connectivity index (χ4v) is 3.40. The van der Waals surface area contributed by atoms with Crippen LogP contribution in [-0.4, -0.2) is 42.3 Å². The molecule has 120 valence electrons. The molecule has 2 saturated heterocycles. The first kappa shape index (κ1) is 14.9. The van der Waals surface area contributed by atoms with Gasteiger partial charge >= 0.3 is 0 Å². The van der Waals surface area contributed by atoms with E-state index in [4.69, 9.17) is 21.1 Å². The van der Waals surface area contributed by atoms with E-state index < -0.39 is 0 Å². The van der Waals surface area contributed by atoms with E-state index in [2.05, 4.69) is 15.1 Å². The van der Waals surface area contributed by atoms with Gasteiger partial charge in [-0.05, 0) is 18.2 Å². The van der Waals surface area contributed by atoms with Gasteiger partial charge in [-0.15, -0.1) is 10.2 Å². The average Bonchev–Trinajstić information content (AvgIpc) is 3.04. The monoisotopic (exact) mass is 331 g/mol. The summed E-state index contributed by atoms with van der Waals surface area (Å²) in [6.45, 7) is 3.12. The molecule has 0 radical (unpaired) electrons. The molecule has 2 aliphatic rings. The minimum Gasteiger partial charge on any atom is -0.355 e. The van der Waals surface area contributed by atoms with E-state index in [1.807, 2.05) is 36.4 Å². The Kier molecular flexibility index (Phi) is 3.93. The van der Waals surface area contributed by atoms with E-state index in [9.17, 15) is 0 Å². The first-order valence-corrected chi connectivity index (χ1v) is 8.25. The molecule has 0 unspecified atom stereocenters. The van der Waals surface area contributed by atoms with Crippen LogP contribution < -0.4 is 4.90 Å². The number of hydrogen-bond donors (Lipinski definition) is 0. The molecule has 5 nitrogen and oxygen atoms in total. The molecule has 1 aromatic heterocycles. The number of nitrogens with zero attached hydrogens (tertiary/aromatic N) is 3. The summed E-state index contributed by atoms with van der Waals surface area (Å²) < 4.78 is 11.5. The Bertz CT molecular complexity index is 676. The largest absolute Gasteiger partial charge is 0.355 e. The van der Waals surface area contributed by atoms with E-state index in [1.165, 1.54) is 0 Å². The Hall–Kier alpha value is -1.69. The SMILES string of the molecule is Clc1ccccc1-c1ccc(N2CCC3(CC2)OCCO3)nn1. The van der Waals surface area contributed by atoms with Crippen LogP contribution in [0.2, 0.25) is 5.02 Å². The number of benzene rings is 1. The van der Waals surface area contributed by atoms with Crippen LogP contribution in [0.1, 0.15) is 12.8 Å². The zero-order valence-electron chi connectivity index (χ0n) is 12.7. The van der Waals surface area contributed by atoms with E-state index in [0.717, 1.165) is 43.0 Å². The quantitative estimate of drug-likeness (QED) is 0.846. The van der Waals surface area contributed by atoms with E-state index in [-0.39, 0.29) is 5.79 Å². The highest BCUT2D eigenvalue weighted by Crippen LogP contribution is 2.33. The normalized spacial score (nSPS) is 20.1. The fraction of sp³-hybridized carbons (Fsp3) is 0.412. The lowest BCUT2D eigenvalue weighted by atomic mass is 10.0. The molecular weight excluding hydrogens is 314 g/mol. The number of anilines is 1. The van der Waals surface area contributed by atoms with Gasteiger partial charge in [-0.3, -0.25) is 0 Å². The van der Waals surface area contributed by atoms with Gasteiger partial charge in [0.2, 0.25) is 0 Å². The Balaban J connectivity index is 1.48. The highest BCUT2D eigenvalue weighted by molar-refractivity contribution is 6.33. The molecule has 1 spiro atoms. The Morgan fingerprint density at radius 3 is 2.35 bits per heavy atom. The van der Waals surface area contributed by atoms with Crippen molar-refractivity contribution in [2.24, 2.45) is 0 Å². The topological polar surface area (TPSA) is 47.5 Å². The summed E-state index contributed by atoms with van der Waals surface area (Å²) in [5, 5.41) is 9.39. The van der Waals surface area contributed by atoms with Gasteiger partial charge in [0.05, 0.1) is 23.9 Å². The highest BCUT2D eigenvalue weighted by atomic mass is 35.5. The number of aromatic nitrogens is 2. The lowest BCUT2D eigenvalue weighted by Crippen LogP contribution is -2.45. The average molecular weight is 332 g/mol. The smallest absolute Gasteiger partial charge is 0.171 e. The summed E-state index contributed by atoms with van der Waals surface area (Å²) >= 11 is 6.21. The minimum absolute atomic E-state index is 0.360. The van der Waals surface area contributed by atoms with Crippen molar-refractivity contribution in [1.82, 2.24) is 10.2 Å². The van der Waals surface area contributed by atoms with Gasteiger partial charge in [-0.25, -0.2) is 0 Å². The second-order valence-electron chi connectivity index (χ2n) is 5.85. The Morgan fingerprint density at radius 2 is 1.70 bits per heavy atom. The number of rotatable bonds is 2. The molecule has 2 aromatic rings. The number of ether oxygens (including phenoxy) is 2. The molecule has 0 bridgehead atoms. The standard InChI is InChI=1S/C17H18ClN3O2/c18-14-4-2-1-3-13(14)15-5-6-16(20-19-15)21-9-7-17(8-10-21)22-11-12-23-17/h1-6H,7-12H2. The maximum absolute atomic E-state index is 6.21. The molecule has 2 fully saturated rings. The second-order valence-corrected chi connectivity index (χ2v) is 6.26. The Labute approximate surface area is 140 Å². The predicted molar refractivity (Wildman–Crippen MR) is 88.6 cm³/mol. The molecular formula is C17H18ClN3O2. The molecule has 6 heteroatoms. The minimum atomic E-state index is -0.360. The maximum Gasteiger partial charge on any atom is 0.171 e. The molecule has 0 aliphatic carbocycles. The number of hydrogen-bond acceptors (Lipinski definition) is 5. The summed E-state index contributed by atoms with van der Waals surface area (Å²) in [5.74, 6) is 0.523. The first-order chi connectivity index (χ1) is 11.3.